The van der Waals surface area contributed by atoms with Crippen molar-refractivity contribution in [1.82, 2.24) is 0 Å². The molecule has 1 unspecified atom stereocenters. The predicted octanol–water partition coefficient (Wildman–Crippen LogP) is 1.94. The quantitative estimate of drug-likeness (QED) is 0.918. The van der Waals surface area contributed by atoms with Crippen LogP contribution in [0.3, 0.4) is 0 Å². The minimum Gasteiger partial charge on any atom is -0.392 e. The van der Waals surface area contributed by atoms with Gasteiger partial charge in [0.05, 0.1) is 11.9 Å². The predicted molar refractivity (Wildman–Crippen MR) is 65.9 cm³/mol. The first-order chi connectivity index (χ1) is 7.28. The standard InChI is InChI=1S/C10H12Cl2O3S/c1-16(14,15)6-9(13)4-7-2-3-8(11)5-10(7)12/h2-3,5,9,13H,4,6H2,1H3. The molecule has 1 atom stereocenters. The second kappa shape index (κ2) is 5.36. The summed E-state index contributed by atoms with van der Waals surface area (Å²) in [5.74, 6) is -0.272. The van der Waals surface area contributed by atoms with Crippen molar-refractivity contribution in [3.63, 3.8) is 0 Å². The molecule has 1 rings (SSSR count). The number of benzene rings is 1. The van der Waals surface area contributed by atoms with Gasteiger partial charge in [-0.25, -0.2) is 8.42 Å². The lowest BCUT2D eigenvalue weighted by molar-refractivity contribution is 0.198. The van der Waals surface area contributed by atoms with Crippen molar-refractivity contribution in [3.8, 4) is 0 Å². The molecule has 16 heavy (non-hydrogen) atoms. The van der Waals surface area contributed by atoms with Crippen LogP contribution in [0.1, 0.15) is 5.56 Å². The van der Waals surface area contributed by atoms with Crippen molar-refractivity contribution in [2.45, 2.75) is 12.5 Å². The van der Waals surface area contributed by atoms with Crippen LogP contribution < -0.4 is 0 Å². The Morgan fingerprint density at radius 3 is 2.50 bits per heavy atom. The highest BCUT2D eigenvalue weighted by atomic mass is 35.5. The molecule has 0 saturated carbocycles. The zero-order valence-corrected chi connectivity index (χ0v) is 11.0. The fraction of sp³-hybridized carbons (Fsp3) is 0.400. The summed E-state index contributed by atoms with van der Waals surface area (Å²) in [5.41, 5.74) is 0.683. The monoisotopic (exact) mass is 282 g/mol. The van der Waals surface area contributed by atoms with E-state index >= 15 is 0 Å². The lowest BCUT2D eigenvalue weighted by Gasteiger charge is -2.10. The maximum absolute atomic E-state index is 11.0. The van der Waals surface area contributed by atoms with Gasteiger partial charge in [-0.05, 0) is 17.7 Å². The van der Waals surface area contributed by atoms with E-state index in [0.717, 1.165) is 6.26 Å². The first-order valence-corrected chi connectivity index (χ1v) is 7.39. The molecule has 0 fully saturated rings. The zero-order chi connectivity index (χ0) is 12.3. The van der Waals surface area contributed by atoms with Crippen molar-refractivity contribution in [2.24, 2.45) is 0 Å². The van der Waals surface area contributed by atoms with Crippen LogP contribution in [-0.2, 0) is 16.3 Å². The van der Waals surface area contributed by atoms with Crippen LogP contribution in [0.2, 0.25) is 10.0 Å². The van der Waals surface area contributed by atoms with Crippen LogP contribution in [0.5, 0.6) is 0 Å². The molecule has 0 amide bonds. The van der Waals surface area contributed by atoms with Crippen molar-refractivity contribution in [1.29, 1.82) is 0 Å². The Morgan fingerprint density at radius 1 is 1.38 bits per heavy atom. The SMILES string of the molecule is CS(=O)(=O)CC(O)Cc1ccc(Cl)cc1Cl. The van der Waals surface area contributed by atoms with E-state index in [9.17, 15) is 13.5 Å². The molecule has 1 N–H and O–H groups in total. The summed E-state index contributed by atoms with van der Waals surface area (Å²) in [6.45, 7) is 0. The van der Waals surface area contributed by atoms with E-state index in [-0.39, 0.29) is 12.2 Å². The third-order valence-electron chi connectivity index (χ3n) is 1.97. The molecule has 0 saturated heterocycles. The van der Waals surface area contributed by atoms with Gasteiger partial charge in [0, 0.05) is 22.7 Å². The molecule has 0 heterocycles. The Balaban J connectivity index is 2.73. The van der Waals surface area contributed by atoms with Crippen LogP contribution in [0.25, 0.3) is 0 Å². The number of aliphatic hydroxyl groups is 1. The Kier molecular flexibility index (Phi) is 4.62. The highest BCUT2D eigenvalue weighted by molar-refractivity contribution is 7.90. The number of halogens is 2. The van der Waals surface area contributed by atoms with Gasteiger partial charge in [0.25, 0.3) is 0 Å². The van der Waals surface area contributed by atoms with E-state index < -0.39 is 15.9 Å². The molecular formula is C10H12Cl2O3S. The van der Waals surface area contributed by atoms with Crippen molar-refractivity contribution < 1.29 is 13.5 Å². The fourth-order valence-corrected chi connectivity index (χ4v) is 2.65. The van der Waals surface area contributed by atoms with Gasteiger partial charge in [-0.2, -0.15) is 0 Å². The maximum atomic E-state index is 11.0. The molecule has 0 aromatic heterocycles. The second-order valence-electron chi connectivity index (χ2n) is 3.69. The van der Waals surface area contributed by atoms with Gasteiger partial charge in [-0.1, -0.05) is 29.3 Å². The maximum Gasteiger partial charge on any atom is 0.150 e. The molecule has 0 radical (unpaired) electrons. The average Bonchev–Trinajstić information content (AvgIpc) is 2.06. The number of sulfone groups is 1. The van der Waals surface area contributed by atoms with E-state index in [1.54, 1.807) is 18.2 Å². The van der Waals surface area contributed by atoms with Crippen LogP contribution in [0, 0.1) is 0 Å². The Morgan fingerprint density at radius 2 is 2.00 bits per heavy atom. The lowest BCUT2D eigenvalue weighted by atomic mass is 10.1. The van der Waals surface area contributed by atoms with E-state index in [2.05, 4.69) is 0 Å². The van der Waals surface area contributed by atoms with E-state index in [0.29, 0.717) is 15.6 Å². The van der Waals surface area contributed by atoms with E-state index in [4.69, 9.17) is 23.2 Å². The molecule has 0 aliphatic rings. The molecule has 0 aliphatic heterocycles. The van der Waals surface area contributed by atoms with Gasteiger partial charge in [-0.15, -0.1) is 0 Å². The summed E-state index contributed by atoms with van der Waals surface area (Å²) in [5, 5.41) is 10.5. The molecule has 0 spiro atoms. The van der Waals surface area contributed by atoms with Gasteiger partial charge in [0.1, 0.15) is 9.84 Å². The van der Waals surface area contributed by atoms with Gasteiger partial charge in [0.15, 0.2) is 0 Å². The molecule has 0 bridgehead atoms. The molecule has 1 aromatic rings. The molecule has 6 heteroatoms. The van der Waals surface area contributed by atoms with Crippen molar-refractivity contribution in [2.75, 3.05) is 12.0 Å². The number of aliphatic hydroxyl groups excluding tert-OH is 1. The van der Waals surface area contributed by atoms with Crippen molar-refractivity contribution >= 4 is 33.0 Å². The number of hydrogen-bond donors (Lipinski definition) is 1. The highest BCUT2D eigenvalue weighted by Crippen LogP contribution is 2.22. The van der Waals surface area contributed by atoms with Crippen molar-refractivity contribution in [3.05, 3.63) is 33.8 Å². The Labute approximate surface area is 105 Å². The minimum atomic E-state index is -3.18. The van der Waals surface area contributed by atoms with Crippen LogP contribution in [-0.4, -0.2) is 31.6 Å². The summed E-state index contributed by atoms with van der Waals surface area (Å²) in [7, 11) is -3.18. The fourth-order valence-electron chi connectivity index (χ4n) is 1.35. The van der Waals surface area contributed by atoms with Gasteiger partial charge < -0.3 is 5.11 Å². The van der Waals surface area contributed by atoms with Gasteiger partial charge in [0.2, 0.25) is 0 Å². The smallest absolute Gasteiger partial charge is 0.150 e. The van der Waals surface area contributed by atoms with Crippen LogP contribution >= 0.6 is 23.2 Å². The molecule has 1 aromatic carbocycles. The molecule has 0 aliphatic carbocycles. The summed E-state index contributed by atoms with van der Waals surface area (Å²) in [4.78, 5) is 0. The minimum absolute atomic E-state index is 0.197. The second-order valence-corrected chi connectivity index (χ2v) is 6.71. The first kappa shape index (κ1) is 13.8. The first-order valence-electron chi connectivity index (χ1n) is 4.57. The Bertz CT molecular complexity index is 471. The summed E-state index contributed by atoms with van der Waals surface area (Å²) in [6.07, 6.45) is 0.330. The van der Waals surface area contributed by atoms with Crippen LogP contribution in [0.4, 0.5) is 0 Å². The third-order valence-corrected chi connectivity index (χ3v) is 3.54. The Hall–Kier alpha value is -0.290. The average molecular weight is 283 g/mol. The normalized spacial score (nSPS) is 13.8. The van der Waals surface area contributed by atoms with E-state index in [1.807, 2.05) is 0 Å². The third kappa shape index (κ3) is 4.70. The molecular weight excluding hydrogens is 271 g/mol. The van der Waals surface area contributed by atoms with Gasteiger partial charge in [-0.3, -0.25) is 0 Å². The largest absolute Gasteiger partial charge is 0.392 e. The number of rotatable bonds is 4. The molecule has 3 nitrogen and oxygen atoms in total. The zero-order valence-electron chi connectivity index (χ0n) is 8.65. The summed E-state index contributed by atoms with van der Waals surface area (Å²) in [6, 6.07) is 4.89. The summed E-state index contributed by atoms with van der Waals surface area (Å²) < 4.78 is 21.9. The van der Waals surface area contributed by atoms with Crippen LogP contribution in [0.15, 0.2) is 18.2 Å². The topological polar surface area (TPSA) is 54.4 Å². The molecule has 90 valence electrons. The highest BCUT2D eigenvalue weighted by Gasteiger charge is 2.14. The van der Waals surface area contributed by atoms with E-state index in [1.165, 1.54) is 0 Å². The van der Waals surface area contributed by atoms with Gasteiger partial charge >= 0.3 is 0 Å². The number of hydrogen-bond acceptors (Lipinski definition) is 3. The lowest BCUT2D eigenvalue weighted by Crippen LogP contribution is -2.22. The summed E-state index contributed by atoms with van der Waals surface area (Å²) >= 11 is 11.6.